The number of hydrogen-bond acceptors (Lipinski definition) is 10. The molecule has 4 amide bonds. The number of amides is 4. The fourth-order valence-electron chi connectivity index (χ4n) is 7.92. The molecule has 7 rings (SSSR count). The largest absolute Gasteiger partial charge is 0.453 e. The molecule has 3 N–H and O–H groups in total. The van der Waals surface area contributed by atoms with Gasteiger partial charge in [0.2, 0.25) is 11.8 Å². The topological polar surface area (TPSA) is 171 Å². The van der Waals surface area contributed by atoms with Crippen molar-refractivity contribution in [1.82, 2.24) is 35.4 Å². The van der Waals surface area contributed by atoms with Gasteiger partial charge in [-0.1, -0.05) is 62.4 Å². The molecule has 0 saturated carbocycles. The quantitative estimate of drug-likeness (QED) is 0.148. The van der Waals surface area contributed by atoms with E-state index in [9.17, 15) is 19.2 Å². The van der Waals surface area contributed by atoms with Gasteiger partial charge in [0.15, 0.2) is 0 Å². The number of nitrogens with zero attached hydrogens (tertiary/aromatic N) is 5. The van der Waals surface area contributed by atoms with E-state index in [0.29, 0.717) is 25.3 Å². The summed E-state index contributed by atoms with van der Waals surface area (Å²) in [6.07, 6.45) is 6.67. The van der Waals surface area contributed by atoms with Gasteiger partial charge in [-0.3, -0.25) is 14.6 Å². The second kappa shape index (κ2) is 17.5. The Kier molecular flexibility index (Phi) is 12.1. The van der Waals surface area contributed by atoms with Crippen molar-refractivity contribution in [2.75, 3.05) is 27.3 Å². The van der Waals surface area contributed by atoms with Crippen molar-refractivity contribution in [2.45, 2.75) is 76.5 Å². The Morgan fingerprint density at radius 1 is 0.825 bits per heavy atom. The van der Waals surface area contributed by atoms with E-state index in [1.807, 2.05) is 30.3 Å². The van der Waals surface area contributed by atoms with E-state index >= 15 is 0 Å². The maximum atomic E-state index is 13.8. The molecule has 0 aliphatic carbocycles. The number of aromatic amines is 1. The van der Waals surface area contributed by atoms with Gasteiger partial charge < -0.3 is 34.9 Å². The lowest BCUT2D eigenvalue weighted by molar-refractivity contribution is -0.135. The minimum Gasteiger partial charge on any atom is -0.453 e. The van der Waals surface area contributed by atoms with E-state index in [2.05, 4.69) is 69.1 Å². The molecule has 2 aromatic heterocycles. The number of aromatic nitrogens is 3. The molecule has 15 heteroatoms. The molecule has 4 aromatic rings. The van der Waals surface area contributed by atoms with E-state index in [-0.39, 0.29) is 36.2 Å². The molecule has 3 aliphatic rings. The Hall–Kier alpha value is -5.83. The molecule has 0 spiro atoms. The lowest BCUT2D eigenvalue weighted by Gasteiger charge is -2.31. The second-order valence-electron chi connectivity index (χ2n) is 14.9. The molecule has 4 atom stereocenters. The summed E-state index contributed by atoms with van der Waals surface area (Å²) in [4.78, 5) is 72.3. The fraction of sp³-hybridized carbons (Fsp3) is 0.405. The van der Waals surface area contributed by atoms with Crippen molar-refractivity contribution in [3.05, 3.63) is 88.9 Å². The lowest BCUT2D eigenvalue weighted by Crippen LogP contribution is -2.53. The fourth-order valence-corrected chi connectivity index (χ4v) is 8.49. The predicted molar refractivity (Wildman–Crippen MR) is 217 cm³/mol. The molecule has 2 saturated heterocycles. The number of carbonyl (C=O) groups is 4. The molecule has 14 nitrogen and oxygen atoms in total. The smallest absolute Gasteiger partial charge is 0.407 e. The summed E-state index contributed by atoms with van der Waals surface area (Å²) in [5.41, 5.74) is 9.56. The Balaban J connectivity index is 0.970. The summed E-state index contributed by atoms with van der Waals surface area (Å²) >= 11 is 1.44. The third-order valence-corrected chi connectivity index (χ3v) is 11.6. The van der Waals surface area contributed by atoms with Gasteiger partial charge in [0.25, 0.3) is 0 Å². The van der Waals surface area contributed by atoms with Crippen molar-refractivity contribution < 1.29 is 28.7 Å². The SMILES string of the molecule is COC(=O)N[C@@H](Cc1cscn1)C(=O)N1CCC[C@H]1c1ncc(-c2ccc(-c3ccc(C4=CN=C([C@@H]5CCCN5C(=O)[C@@H](NC(=O)OC)C(C)C)C4)cc3)cc2)[nH]1. The number of H-pyrrole nitrogens is 1. The Labute approximate surface area is 335 Å². The number of imidazole rings is 1. The summed E-state index contributed by atoms with van der Waals surface area (Å²) in [6.45, 7) is 5.02. The van der Waals surface area contributed by atoms with Crippen LogP contribution in [-0.4, -0.2) is 99.9 Å². The molecular formula is C42H48N8O6S. The van der Waals surface area contributed by atoms with Gasteiger partial charge >= 0.3 is 12.2 Å². The summed E-state index contributed by atoms with van der Waals surface area (Å²) in [5.74, 6) is 0.320. The van der Waals surface area contributed by atoms with Crippen LogP contribution in [0.3, 0.4) is 0 Å². The number of allylic oxidation sites excluding steroid dienone is 1. The number of likely N-dealkylation sites (tertiary alicyclic amines) is 2. The molecule has 0 radical (unpaired) electrons. The van der Waals surface area contributed by atoms with E-state index in [1.54, 1.807) is 16.6 Å². The molecule has 3 aliphatic heterocycles. The van der Waals surface area contributed by atoms with E-state index < -0.39 is 24.3 Å². The normalized spacial score (nSPS) is 18.9. The first-order chi connectivity index (χ1) is 27.6. The first-order valence-corrected chi connectivity index (χ1v) is 20.3. The zero-order valence-electron chi connectivity index (χ0n) is 32.6. The van der Waals surface area contributed by atoms with Crippen LogP contribution in [0.2, 0.25) is 0 Å². The van der Waals surface area contributed by atoms with Crippen LogP contribution in [0.5, 0.6) is 0 Å². The van der Waals surface area contributed by atoms with Crippen LogP contribution in [0.4, 0.5) is 9.59 Å². The third-order valence-electron chi connectivity index (χ3n) is 11.0. The predicted octanol–water partition coefficient (Wildman–Crippen LogP) is 6.39. The highest BCUT2D eigenvalue weighted by atomic mass is 32.1. The van der Waals surface area contributed by atoms with E-state index in [0.717, 1.165) is 70.6 Å². The lowest BCUT2D eigenvalue weighted by atomic mass is 9.95. The molecular weight excluding hydrogens is 745 g/mol. The highest BCUT2D eigenvalue weighted by Crippen LogP contribution is 2.34. The number of nitrogens with one attached hydrogen (secondary N) is 3. The third kappa shape index (κ3) is 8.78. The monoisotopic (exact) mass is 792 g/mol. The minimum absolute atomic E-state index is 0.0875. The summed E-state index contributed by atoms with van der Waals surface area (Å²) < 4.78 is 9.57. The summed E-state index contributed by atoms with van der Waals surface area (Å²) in [5, 5.41) is 7.28. The van der Waals surface area contributed by atoms with Gasteiger partial charge in [-0.25, -0.2) is 19.6 Å². The maximum Gasteiger partial charge on any atom is 0.407 e. The number of aliphatic imine (C=N–C) groups is 1. The number of thiazole rings is 1. The van der Waals surface area contributed by atoms with Gasteiger partial charge in [-0.15, -0.1) is 11.3 Å². The number of alkyl carbamates (subject to hydrolysis) is 2. The van der Waals surface area contributed by atoms with Gasteiger partial charge in [-0.2, -0.15) is 0 Å². The number of methoxy groups -OCH3 is 2. The number of ether oxygens (including phenoxy) is 2. The van der Waals surface area contributed by atoms with Gasteiger partial charge in [0, 0.05) is 43.2 Å². The number of benzene rings is 2. The summed E-state index contributed by atoms with van der Waals surface area (Å²) in [6, 6.07) is 14.9. The first kappa shape index (κ1) is 39.4. The molecule has 2 fully saturated rings. The maximum absolute atomic E-state index is 13.8. The summed E-state index contributed by atoms with van der Waals surface area (Å²) in [7, 11) is 2.58. The van der Waals surface area contributed by atoms with Crippen LogP contribution < -0.4 is 10.6 Å². The number of rotatable bonds is 12. The van der Waals surface area contributed by atoms with Crippen LogP contribution in [-0.2, 0) is 25.5 Å². The van der Waals surface area contributed by atoms with Crippen molar-refractivity contribution in [1.29, 1.82) is 0 Å². The molecule has 0 bridgehead atoms. The Morgan fingerprint density at radius 3 is 2.07 bits per heavy atom. The highest BCUT2D eigenvalue weighted by molar-refractivity contribution is 7.07. The molecule has 5 heterocycles. The molecule has 0 unspecified atom stereocenters. The first-order valence-electron chi connectivity index (χ1n) is 19.3. The van der Waals surface area contributed by atoms with E-state index in [4.69, 9.17) is 19.5 Å². The molecule has 57 heavy (non-hydrogen) atoms. The zero-order valence-corrected chi connectivity index (χ0v) is 33.4. The zero-order chi connectivity index (χ0) is 40.1. The van der Waals surface area contributed by atoms with Gasteiger partial charge in [0.1, 0.15) is 17.9 Å². The number of carbonyl (C=O) groups excluding carboxylic acids is 4. The standard InChI is InChI=1S/C42H48N8O6S/c1-25(2)37(48-42(54)56-4)40(52)49-17-5-7-35(49)32-19-30(21-43-32)28-11-9-26(10-12-28)27-13-15-29(16-14-27)34-22-44-38(46-34)36-8-6-18-50(36)39(51)33(47-41(53)55-3)20-31-23-57-24-45-31/h9-16,21-25,33,35-37H,5-8,17-20H2,1-4H3,(H,44,46)(H,47,53)(H,48,54)/t33-,35-,36-,37-/m0/s1. The van der Waals surface area contributed by atoms with Crippen LogP contribution in [0.1, 0.15) is 69.1 Å². The van der Waals surface area contributed by atoms with Crippen LogP contribution >= 0.6 is 11.3 Å². The Bertz CT molecular complexity index is 2130. The van der Waals surface area contributed by atoms with Gasteiger partial charge in [0.05, 0.1) is 49.4 Å². The van der Waals surface area contributed by atoms with Crippen molar-refractivity contribution in [2.24, 2.45) is 10.9 Å². The van der Waals surface area contributed by atoms with Crippen molar-refractivity contribution in [3.63, 3.8) is 0 Å². The van der Waals surface area contributed by atoms with Crippen molar-refractivity contribution >= 4 is 46.6 Å². The average molecular weight is 793 g/mol. The van der Waals surface area contributed by atoms with Crippen LogP contribution in [0.15, 0.2) is 76.8 Å². The van der Waals surface area contributed by atoms with E-state index in [1.165, 1.54) is 25.6 Å². The second-order valence-corrected chi connectivity index (χ2v) is 15.6. The van der Waals surface area contributed by atoms with Gasteiger partial charge in [-0.05, 0) is 59.4 Å². The molecule has 2 aromatic carbocycles. The van der Waals surface area contributed by atoms with Crippen LogP contribution in [0, 0.1) is 5.92 Å². The molecule has 298 valence electrons. The average Bonchev–Trinajstić information content (AvgIpc) is 4.09. The Morgan fingerprint density at radius 2 is 1.44 bits per heavy atom. The number of hydrogen-bond donors (Lipinski definition) is 3. The highest BCUT2D eigenvalue weighted by Gasteiger charge is 2.39. The van der Waals surface area contributed by atoms with Crippen molar-refractivity contribution in [3.8, 4) is 22.4 Å². The minimum atomic E-state index is -0.807. The van der Waals surface area contributed by atoms with Crippen LogP contribution in [0.25, 0.3) is 28.0 Å².